The molecule has 2 amide bonds. The summed E-state index contributed by atoms with van der Waals surface area (Å²) < 4.78 is 0. The highest BCUT2D eigenvalue weighted by Gasteiger charge is 2.35. The molecule has 2 atom stereocenters. The Morgan fingerprint density at radius 1 is 1.43 bits per heavy atom. The molecule has 2 rings (SSSR count). The van der Waals surface area contributed by atoms with Crippen LogP contribution in [0.5, 0.6) is 0 Å². The molecule has 2 unspecified atom stereocenters. The molecule has 0 aliphatic carbocycles. The monoisotopic (exact) mass is 288 g/mol. The maximum Gasteiger partial charge on any atom is 0.267 e. The average molecular weight is 288 g/mol. The van der Waals surface area contributed by atoms with E-state index in [-0.39, 0.29) is 18.4 Å². The van der Waals surface area contributed by atoms with Gasteiger partial charge in [-0.3, -0.25) is 14.6 Å². The fourth-order valence-corrected chi connectivity index (χ4v) is 2.10. The van der Waals surface area contributed by atoms with Crippen LogP contribution >= 0.6 is 0 Å². The number of nitrogens with zero attached hydrogens (tertiary/aromatic N) is 2. The molecule has 6 heteroatoms. The highest BCUT2D eigenvalue weighted by Crippen LogP contribution is 2.24. The molecular formula is C15H20N4O2. The quantitative estimate of drug-likeness (QED) is 0.848. The Bertz CT molecular complexity index is 556. The van der Waals surface area contributed by atoms with Crippen LogP contribution < -0.4 is 16.1 Å². The van der Waals surface area contributed by atoms with Gasteiger partial charge in [-0.1, -0.05) is 25.1 Å². The molecule has 0 spiro atoms. The normalized spacial score (nSPS) is 19.0. The Kier molecular flexibility index (Phi) is 4.57. The van der Waals surface area contributed by atoms with Crippen molar-refractivity contribution in [1.82, 2.24) is 5.32 Å². The van der Waals surface area contributed by atoms with Crippen molar-refractivity contribution in [3.05, 3.63) is 30.3 Å². The summed E-state index contributed by atoms with van der Waals surface area (Å²) in [5.74, 6) is -0.733. The standard InChI is InChI=1S/C15H20N4O2/c1-3-10(2)17-15(21)12-9-13(14(16)20)19(18-12)11-7-5-4-6-8-11/h4-8,10,13H,3,9H2,1-2H3,(H2,16,20)(H,17,21). The number of carbonyl (C=O) groups excluding carboxylic acids is 2. The molecule has 1 aromatic rings. The van der Waals surface area contributed by atoms with E-state index >= 15 is 0 Å². The number of hydrazone groups is 1. The Hall–Kier alpha value is -2.37. The van der Waals surface area contributed by atoms with Gasteiger partial charge in [-0.05, 0) is 25.5 Å². The first-order valence-corrected chi connectivity index (χ1v) is 7.04. The van der Waals surface area contributed by atoms with E-state index in [1.807, 2.05) is 44.2 Å². The van der Waals surface area contributed by atoms with Crippen LogP contribution in [-0.4, -0.2) is 29.6 Å². The van der Waals surface area contributed by atoms with Crippen molar-refractivity contribution in [2.45, 2.75) is 38.8 Å². The highest BCUT2D eigenvalue weighted by molar-refractivity contribution is 6.40. The number of primary amides is 1. The SMILES string of the molecule is CCC(C)NC(=O)C1=NN(c2ccccc2)C(C(N)=O)C1. The van der Waals surface area contributed by atoms with E-state index < -0.39 is 11.9 Å². The van der Waals surface area contributed by atoms with Gasteiger partial charge in [0.1, 0.15) is 11.8 Å². The Morgan fingerprint density at radius 2 is 2.10 bits per heavy atom. The number of hydrogen-bond acceptors (Lipinski definition) is 4. The zero-order chi connectivity index (χ0) is 15.4. The van der Waals surface area contributed by atoms with Crippen molar-refractivity contribution in [1.29, 1.82) is 0 Å². The van der Waals surface area contributed by atoms with Gasteiger partial charge < -0.3 is 11.1 Å². The van der Waals surface area contributed by atoms with Crippen molar-refractivity contribution in [2.24, 2.45) is 10.8 Å². The van der Waals surface area contributed by atoms with E-state index in [0.29, 0.717) is 5.71 Å². The van der Waals surface area contributed by atoms with E-state index in [4.69, 9.17) is 5.73 Å². The number of carbonyl (C=O) groups is 2. The van der Waals surface area contributed by atoms with Crippen LogP contribution in [0.15, 0.2) is 35.4 Å². The maximum atomic E-state index is 12.1. The fraction of sp³-hybridized carbons (Fsp3) is 0.400. The summed E-state index contributed by atoms with van der Waals surface area (Å²) in [5.41, 5.74) is 6.51. The lowest BCUT2D eigenvalue weighted by molar-refractivity contribution is -0.119. The van der Waals surface area contributed by atoms with Gasteiger partial charge in [0, 0.05) is 12.5 Å². The van der Waals surface area contributed by atoms with Crippen LogP contribution in [0, 0.1) is 0 Å². The van der Waals surface area contributed by atoms with Crippen molar-refractivity contribution in [3.8, 4) is 0 Å². The molecule has 0 saturated heterocycles. The van der Waals surface area contributed by atoms with Crippen LogP contribution in [-0.2, 0) is 9.59 Å². The van der Waals surface area contributed by atoms with Crippen LogP contribution in [0.25, 0.3) is 0 Å². The lowest BCUT2D eigenvalue weighted by atomic mass is 10.1. The largest absolute Gasteiger partial charge is 0.368 e. The summed E-state index contributed by atoms with van der Waals surface area (Å²) in [6.45, 7) is 3.91. The lowest BCUT2D eigenvalue weighted by Crippen LogP contribution is -2.40. The van der Waals surface area contributed by atoms with E-state index in [0.717, 1.165) is 12.1 Å². The predicted molar refractivity (Wildman–Crippen MR) is 81.9 cm³/mol. The van der Waals surface area contributed by atoms with E-state index in [9.17, 15) is 9.59 Å². The molecule has 1 aliphatic rings. The molecule has 21 heavy (non-hydrogen) atoms. The minimum absolute atomic E-state index is 0.0676. The van der Waals surface area contributed by atoms with Gasteiger partial charge in [0.25, 0.3) is 5.91 Å². The van der Waals surface area contributed by atoms with E-state index in [1.54, 1.807) is 0 Å². The first-order valence-electron chi connectivity index (χ1n) is 7.04. The van der Waals surface area contributed by atoms with Crippen molar-refractivity contribution < 1.29 is 9.59 Å². The topological polar surface area (TPSA) is 87.8 Å². The van der Waals surface area contributed by atoms with Crippen LogP contribution in [0.1, 0.15) is 26.7 Å². The molecule has 0 bridgehead atoms. The fourth-order valence-electron chi connectivity index (χ4n) is 2.10. The number of nitrogens with one attached hydrogen (secondary N) is 1. The molecular weight excluding hydrogens is 268 g/mol. The molecule has 3 N–H and O–H groups in total. The minimum atomic E-state index is -0.620. The van der Waals surface area contributed by atoms with E-state index in [2.05, 4.69) is 10.4 Å². The molecule has 112 valence electrons. The van der Waals surface area contributed by atoms with Crippen LogP contribution in [0.3, 0.4) is 0 Å². The number of nitrogens with two attached hydrogens (primary N) is 1. The number of anilines is 1. The second kappa shape index (κ2) is 6.39. The highest BCUT2D eigenvalue weighted by atomic mass is 16.2. The first-order chi connectivity index (χ1) is 10.0. The summed E-state index contributed by atoms with van der Waals surface area (Å²) in [5, 5.41) is 8.66. The third kappa shape index (κ3) is 3.39. The maximum absolute atomic E-state index is 12.1. The van der Waals surface area contributed by atoms with E-state index in [1.165, 1.54) is 5.01 Å². The molecule has 6 nitrogen and oxygen atoms in total. The van der Waals surface area contributed by atoms with Crippen LogP contribution in [0.2, 0.25) is 0 Å². The summed E-state index contributed by atoms with van der Waals surface area (Å²) in [6, 6.07) is 8.67. The average Bonchev–Trinajstić information content (AvgIpc) is 2.93. The van der Waals surface area contributed by atoms with Gasteiger partial charge >= 0.3 is 0 Å². The van der Waals surface area contributed by atoms with Gasteiger partial charge in [0.2, 0.25) is 5.91 Å². The molecule has 0 saturated carbocycles. The number of hydrogen-bond donors (Lipinski definition) is 2. The molecule has 0 fully saturated rings. The molecule has 1 aromatic carbocycles. The first kappa shape index (κ1) is 15.0. The zero-order valence-corrected chi connectivity index (χ0v) is 12.2. The Labute approximate surface area is 124 Å². The van der Waals surface area contributed by atoms with Gasteiger partial charge in [-0.25, -0.2) is 0 Å². The van der Waals surface area contributed by atoms with Gasteiger partial charge in [0.05, 0.1) is 5.69 Å². The van der Waals surface area contributed by atoms with Crippen molar-refractivity contribution in [2.75, 3.05) is 5.01 Å². The predicted octanol–water partition coefficient (Wildman–Crippen LogP) is 1.02. The smallest absolute Gasteiger partial charge is 0.267 e. The van der Waals surface area contributed by atoms with Crippen LogP contribution in [0.4, 0.5) is 5.69 Å². The lowest BCUT2D eigenvalue weighted by Gasteiger charge is -2.20. The third-order valence-electron chi connectivity index (χ3n) is 3.51. The Balaban J connectivity index is 2.21. The number of amides is 2. The number of benzene rings is 1. The molecule has 0 aromatic heterocycles. The Morgan fingerprint density at radius 3 is 2.67 bits per heavy atom. The second-order valence-electron chi connectivity index (χ2n) is 5.13. The van der Waals surface area contributed by atoms with Gasteiger partial charge in [-0.2, -0.15) is 5.10 Å². The molecule has 0 radical (unpaired) electrons. The van der Waals surface area contributed by atoms with Gasteiger partial charge in [-0.15, -0.1) is 0 Å². The van der Waals surface area contributed by atoms with Crippen molar-refractivity contribution >= 4 is 23.2 Å². The summed E-state index contributed by atoms with van der Waals surface area (Å²) in [6.07, 6.45) is 1.06. The number of rotatable bonds is 5. The third-order valence-corrected chi connectivity index (χ3v) is 3.51. The summed E-state index contributed by atoms with van der Waals surface area (Å²) in [4.78, 5) is 23.7. The molecule has 1 heterocycles. The minimum Gasteiger partial charge on any atom is -0.368 e. The number of para-hydroxylation sites is 1. The molecule has 1 aliphatic heterocycles. The summed E-state index contributed by atoms with van der Waals surface area (Å²) in [7, 11) is 0. The van der Waals surface area contributed by atoms with Gasteiger partial charge in [0.15, 0.2) is 0 Å². The summed E-state index contributed by atoms with van der Waals surface area (Å²) >= 11 is 0. The zero-order valence-electron chi connectivity index (χ0n) is 12.2. The van der Waals surface area contributed by atoms with Crippen molar-refractivity contribution in [3.63, 3.8) is 0 Å². The second-order valence-corrected chi connectivity index (χ2v) is 5.13.